The lowest BCUT2D eigenvalue weighted by Gasteiger charge is -2.25. The minimum Gasteiger partial charge on any atom is -0.383 e. The van der Waals surface area contributed by atoms with Crippen molar-refractivity contribution < 1.29 is 0 Å². The van der Waals surface area contributed by atoms with Gasteiger partial charge in [0.05, 0.1) is 11.4 Å². The lowest BCUT2D eigenvalue weighted by molar-refractivity contribution is 0.334. The molecule has 0 bridgehead atoms. The van der Waals surface area contributed by atoms with E-state index in [4.69, 9.17) is 0 Å². The van der Waals surface area contributed by atoms with Crippen molar-refractivity contribution in [3.8, 4) is 0 Å². The molecule has 1 aromatic rings. The van der Waals surface area contributed by atoms with E-state index in [1.165, 1.54) is 11.4 Å². The van der Waals surface area contributed by atoms with Gasteiger partial charge in [0.1, 0.15) is 0 Å². The summed E-state index contributed by atoms with van der Waals surface area (Å²) < 4.78 is 0. The van der Waals surface area contributed by atoms with Gasteiger partial charge in [-0.3, -0.25) is 4.98 Å². The molecule has 2 heteroatoms. The molecule has 0 fully saturated rings. The third-order valence-corrected chi connectivity index (χ3v) is 2.71. The number of aromatic nitrogens is 1. The van der Waals surface area contributed by atoms with Crippen LogP contribution < -0.4 is 5.32 Å². The molecule has 0 spiro atoms. The summed E-state index contributed by atoms with van der Waals surface area (Å²) in [6.07, 6.45) is 1.88. The highest BCUT2D eigenvalue weighted by molar-refractivity contribution is 5.54. The lowest BCUT2D eigenvalue weighted by atomic mass is 9.80. The fourth-order valence-corrected chi connectivity index (χ4v) is 1.87. The van der Waals surface area contributed by atoms with Crippen LogP contribution >= 0.6 is 0 Å². The maximum absolute atomic E-state index is 4.44. The maximum Gasteiger partial charge on any atom is 0.0688 e. The summed E-state index contributed by atoms with van der Waals surface area (Å²) in [5.74, 6) is 0.545. The number of hydrogen-bond acceptors (Lipinski definition) is 2. The van der Waals surface area contributed by atoms with Crippen molar-refractivity contribution in [3.63, 3.8) is 0 Å². The molecule has 0 saturated heterocycles. The fourth-order valence-electron chi connectivity index (χ4n) is 1.87. The topological polar surface area (TPSA) is 24.9 Å². The Kier molecular flexibility index (Phi) is 1.79. The fraction of sp³-hybridized carbons (Fsp3) is 0.545. The first-order valence-corrected chi connectivity index (χ1v) is 4.78. The van der Waals surface area contributed by atoms with Crippen LogP contribution in [0, 0.1) is 5.41 Å². The van der Waals surface area contributed by atoms with Crippen LogP contribution in [0.15, 0.2) is 18.3 Å². The Hall–Kier alpha value is -1.05. The quantitative estimate of drug-likeness (QED) is 0.657. The van der Waals surface area contributed by atoms with Gasteiger partial charge >= 0.3 is 0 Å². The Morgan fingerprint density at radius 2 is 2.23 bits per heavy atom. The molecule has 2 rings (SSSR count). The third kappa shape index (κ3) is 1.41. The van der Waals surface area contributed by atoms with Gasteiger partial charge in [0, 0.05) is 18.7 Å². The van der Waals surface area contributed by atoms with Crippen molar-refractivity contribution in [2.75, 3.05) is 11.9 Å². The molecule has 0 aliphatic carbocycles. The highest BCUT2D eigenvalue weighted by Crippen LogP contribution is 2.40. The average molecular weight is 176 g/mol. The van der Waals surface area contributed by atoms with Crippen molar-refractivity contribution in [3.05, 3.63) is 24.0 Å². The highest BCUT2D eigenvalue weighted by atomic mass is 15.0. The maximum atomic E-state index is 4.44. The van der Waals surface area contributed by atoms with Crippen LogP contribution in [0.5, 0.6) is 0 Å². The molecule has 0 amide bonds. The van der Waals surface area contributed by atoms with Gasteiger partial charge in [-0.15, -0.1) is 0 Å². The number of nitrogens with one attached hydrogen (secondary N) is 1. The molecule has 1 N–H and O–H groups in total. The second-order valence-electron chi connectivity index (χ2n) is 4.74. The van der Waals surface area contributed by atoms with E-state index in [0.29, 0.717) is 11.3 Å². The van der Waals surface area contributed by atoms with Gasteiger partial charge in [-0.2, -0.15) is 0 Å². The van der Waals surface area contributed by atoms with Gasteiger partial charge in [0.2, 0.25) is 0 Å². The molecular formula is C11H16N2. The van der Waals surface area contributed by atoms with Crippen LogP contribution in [0.3, 0.4) is 0 Å². The van der Waals surface area contributed by atoms with Crippen molar-refractivity contribution in [2.24, 2.45) is 5.41 Å². The van der Waals surface area contributed by atoms with Gasteiger partial charge in [-0.05, 0) is 17.5 Å². The summed E-state index contributed by atoms with van der Waals surface area (Å²) in [4.78, 5) is 4.44. The van der Waals surface area contributed by atoms with Gasteiger partial charge < -0.3 is 5.32 Å². The Bertz CT molecular complexity index is 312. The van der Waals surface area contributed by atoms with Crippen molar-refractivity contribution >= 4 is 5.69 Å². The Morgan fingerprint density at radius 1 is 1.46 bits per heavy atom. The predicted molar refractivity (Wildman–Crippen MR) is 54.9 cm³/mol. The van der Waals surface area contributed by atoms with Crippen LogP contribution in [-0.4, -0.2) is 11.5 Å². The van der Waals surface area contributed by atoms with Crippen LogP contribution in [0.25, 0.3) is 0 Å². The normalized spacial score (nSPS) is 21.0. The van der Waals surface area contributed by atoms with E-state index in [-0.39, 0.29) is 0 Å². The minimum atomic E-state index is 0.298. The molecule has 1 aliphatic rings. The van der Waals surface area contributed by atoms with E-state index >= 15 is 0 Å². The third-order valence-electron chi connectivity index (χ3n) is 2.71. The SMILES string of the molecule is CC(C)(C)C1CNc2cccnc21. The second kappa shape index (κ2) is 2.72. The van der Waals surface area contributed by atoms with Gasteiger partial charge in [0.25, 0.3) is 0 Å². The summed E-state index contributed by atoms with van der Waals surface area (Å²) in [6.45, 7) is 7.82. The zero-order chi connectivity index (χ0) is 9.47. The average Bonchev–Trinajstić information content (AvgIpc) is 2.45. The van der Waals surface area contributed by atoms with Gasteiger partial charge in [-0.25, -0.2) is 0 Å². The Morgan fingerprint density at radius 3 is 2.92 bits per heavy atom. The molecule has 2 heterocycles. The molecule has 1 atom stereocenters. The second-order valence-corrected chi connectivity index (χ2v) is 4.74. The van der Waals surface area contributed by atoms with Crippen molar-refractivity contribution in [1.82, 2.24) is 4.98 Å². The smallest absolute Gasteiger partial charge is 0.0688 e. The summed E-state index contributed by atoms with van der Waals surface area (Å²) in [7, 11) is 0. The lowest BCUT2D eigenvalue weighted by Crippen LogP contribution is -2.20. The molecule has 70 valence electrons. The summed E-state index contributed by atoms with van der Waals surface area (Å²) in [6, 6.07) is 4.09. The minimum absolute atomic E-state index is 0.298. The number of fused-ring (bicyclic) bond motifs is 1. The molecule has 0 saturated carbocycles. The summed E-state index contributed by atoms with van der Waals surface area (Å²) in [5, 5.41) is 3.39. The van der Waals surface area contributed by atoms with E-state index in [9.17, 15) is 0 Å². The highest BCUT2D eigenvalue weighted by Gasteiger charge is 2.32. The van der Waals surface area contributed by atoms with Crippen LogP contribution in [0.1, 0.15) is 32.4 Å². The molecule has 13 heavy (non-hydrogen) atoms. The predicted octanol–water partition coefficient (Wildman–Crippen LogP) is 2.64. The number of anilines is 1. The Balaban J connectivity index is 2.39. The molecular weight excluding hydrogens is 160 g/mol. The van der Waals surface area contributed by atoms with Crippen LogP contribution in [-0.2, 0) is 0 Å². The molecule has 1 aromatic heterocycles. The van der Waals surface area contributed by atoms with Crippen LogP contribution in [0.4, 0.5) is 5.69 Å². The standard InChI is InChI=1S/C11H16N2/c1-11(2,3)8-7-13-9-5-4-6-12-10(8)9/h4-6,8,13H,7H2,1-3H3. The first-order chi connectivity index (χ1) is 6.09. The molecule has 1 aliphatic heterocycles. The van der Waals surface area contributed by atoms with Crippen LogP contribution in [0.2, 0.25) is 0 Å². The van der Waals surface area contributed by atoms with E-state index in [0.717, 1.165) is 6.54 Å². The van der Waals surface area contributed by atoms with E-state index in [2.05, 4.69) is 37.1 Å². The largest absolute Gasteiger partial charge is 0.383 e. The van der Waals surface area contributed by atoms with E-state index in [1.54, 1.807) is 0 Å². The number of pyridine rings is 1. The zero-order valence-electron chi connectivity index (χ0n) is 8.46. The van der Waals surface area contributed by atoms with Crippen molar-refractivity contribution in [2.45, 2.75) is 26.7 Å². The monoisotopic (exact) mass is 176 g/mol. The number of rotatable bonds is 0. The van der Waals surface area contributed by atoms with Crippen molar-refractivity contribution in [1.29, 1.82) is 0 Å². The van der Waals surface area contributed by atoms with E-state index in [1.807, 2.05) is 12.3 Å². The molecule has 2 nitrogen and oxygen atoms in total. The summed E-state index contributed by atoms with van der Waals surface area (Å²) in [5.41, 5.74) is 2.74. The number of nitrogens with zero attached hydrogens (tertiary/aromatic N) is 1. The first kappa shape index (κ1) is 8.54. The molecule has 0 radical (unpaired) electrons. The van der Waals surface area contributed by atoms with Gasteiger partial charge in [-0.1, -0.05) is 20.8 Å². The molecule has 1 unspecified atom stereocenters. The van der Waals surface area contributed by atoms with Gasteiger partial charge in [0.15, 0.2) is 0 Å². The summed E-state index contributed by atoms with van der Waals surface area (Å²) >= 11 is 0. The number of hydrogen-bond donors (Lipinski definition) is 1. The zero-order valence-corrected chi connectivity index (χ0v) is 8.46. The molecule has 0 aromatic carbocycles. The van der Waals surface area contributed by atoms with E-state index < -0.39 is 0 Å². The first-order valence-electron chi connectivity index (χ1n) is 4.78. The Labute approximate surface area is 79.4 Å².